The normalized spacial score (nSPS) is 20.4. The average molecular weight is 353 g/mol. The van der Waals surface area contributed by atoms with Crippen molar-refractivity contribution in [3.8, 4) is 0 Å². The van der Waals surface area contributed by atoms with Crippen LogP contribution in [0.25, 0.3) is 0 Å². The van der Waals surface area contributed by atoms with Crippen molar-refractivity contribution in [3.63, 3.8) is 0 Å². The van der Waals surface area contributed by atoms with Gasteiger partial charge in [-0.05, 0) is 40.9 Å². The first-order valence-electron chi connectivity index (χ1n) is 5.75. The minimum Gasteiger partial charge on any atom is -0.399 e. The van der Waals surface area contributed by atoms with E-state index in [1.165, 1.54) is 6.07 Å². The highest BCUT2D eigenvalue weighted by Gasteiger charge is 2.26. The standard InChI is InChI=1S/C11H14BrFN2O3S/c12-9-4-7(14)5-10(11(9)13)19(16,17)15-8-2-1-3-18-6-8/h4-5,8,15H,1-3,6,14H2. The summed E-state index contributed by atoms with van der Waals surface area (Å²) in [4.78, 5) is -0.454. The van der Waals surface area contributed by atoms with E-state index in [-0.39, 0.29) is 16.2 Å². The van der Waals surface area contributed by atoms with Gasteiger partial charge in [-0.15, -0.1) is 0 Å². The molecule has 0 aliphatic carbocycles. The lowest BCUT2D eigenvalue weighted by Crippen LogP contribution is -2.40. The third-order valence-corrected chi connectivity index (χ3v) is 4.89. The highest BCUT2D eigenvalue weighted by Crippen LogP contribution is 2.26. The summed E-state index contributed by atoms with van der Waals surface area (Å²) >= 11 is 2.94. The number of benzene rings is 1. The maximum Gasteiger partial charge on any atom is 0.243 e. The molecule has 3 N–H and O–H groups in total. The number of sulfonamides is 1. The van der Waals surface area contributed by atoms with Gasteiger partial charge in [-0.3, -0.25) is 0 Å². The van der Waals surface area contributed by atoms with Gasteiger partial charge in [0.2, 0.25) is 10.0 Å². The van der Waals surface area contributed by atoms with E-state index in [9.17, 15) is 12.8 Å². The van der Waals surface area contributed by atoms with Gasteiger partial charge in [0.05, 0.1) is 11.1 Å². The molecule has 0 aromatic heterocycles. The van der Waals surface area contributed by atoms with Crippen molar-refractivity contribution in [3.05, 3.63) is 22.4 Å². The van der Waals surface area contributed by atoms with E-state index in [0.717, 1.165) is 12.5 Å². The van der Waals surface area contributed by atoms with Crippen LogP contribution >= 0.6 is 15.9 Å². The maximum absolute atomic E-state index is 13.9. The second kappa shape index (κ2) is 5.74. The van der Waals surface area contributed by atoms with Crippen LogP contribution < -0.4 is 10.5 Å². The Kier molecular flexibility index (Phi) is 4.44. The minimum absolute atomic E-state index is 0.0211. The fraction of sp³-hybridized carbons (Fsp3) is 0.455. The zero-order valence-electron chi connectivity index (χ0n) is 10.0. The van der Waals surface area contributed by atoms with Crippen LogP contribution in [0.3, 0.4) is 0 Å². The molecule has 0 bridgehead atoms. The van der Waals surface area contributed by atoms with Crippen LogP contribution in [0, 0.1) is 5.82 Å². The molecule has 1 fully saturated rings. The van der Waals surface area contributed by atoms with E-state index >= 15 is 0 Å². The van der Waals surface area contributed by atoms with Crippen molar-refractivity contribution in [2.75, 3.05) is 18.9 Å². The first kappa shape index (κ1) is 14.7. The molecule has 19 heavy (non-hydrogen) atoms. The lowest BCUT2D eigenvalue weighted by molar-refractivity contribution is 0.0774. The fourth-order valence-corrected chi connectivity index (χ4v) is 3.89. The van der Waals surface area contributed by atoms with Crippen LogP contribution in [0.1, 0.15) is 12.8 Å². The zero-order valence-corrected chi connectivity index (χ0v) is 12.4. The summed E-state index contributed by atoms with van der Waals surface area (Å²) < 4.78 is 45.8. The molecule has 1 atom stereocenters. The van der Waals surface area contributed by atoms with Crippen molar-refractivity contribution >= 4 is 31.6 Å². The van der Waals surface area contributed by atoms with Gasteiger partial charge in [-0.2, -0.15) is 0 Å². The summed E-state index contributed by atoms with van der Waals surface area (Å²) in [5.74, 6) is -0.849. The summed E-state index contributed by atoms with van der Waals surface area (Å²) in [6.45, 7) is 0.917. The van der Waals surface area contributed by atoms with Gasteiger partial charge in [0.15, 0.2) is 5.82 Å². The molecule has 8 heteroatoms. The Morgan fingerprint density at radius 1 is 1.47 bits per heavy atom. The smallest absolute Gasteiger partial charge is 0.243 e. The van der Waals surface area contributed by atoms with E-state index in [4.69, 9.17) is 10.5 Å². The third-order valence-electron chi connectivity index (χ3n) is 2.79. The molecule has 1 aromatic rings. The highest BCUT2D eigenvalue weighted by atomic mass is 79.9. The number of ether oxygens (including phenoxy) is 1. The van der Waals surface area contributed by atoms with E-state index in [1.807, 2.05) is 0 Å². The molecule has 0 amide bonds. The third kappa shape index (κ3) is 3.44. The molecule has 1 aliphatic heterocycles. The molecule has 1 heterocycles. The Balaban J connectivity index is 2.28. The summed E-state index contributed by atoms with van der Waals surface area (Å²) in [7, 11) is -3.95. The Hall–Kier alpha value is -0.700. The van der Waals surface area contributed by atoms with Crippen LogP contribution in [-0.4, -0.2) is 27.7 Å². The number of hydrogen-bond donors (Lipinski definition) is 2. The summed E-state index contributed by atoms with van der Waals surface area (Å²) in [6.07, 6.45) is 1.45. The Bertz CT molecular complexity index is 574. The van der Waals surface area contributed by atoms with Gasteiger partial charge in [-0.1, -0.05) is 0 Å². The second-order valence-corrected chi connectivity index (χ2v) is 6.89. The Labute approximate surface area is 119 Å². The summed E-state index contributed by atoms with van der Waals surface area (Å²) in [5.41, 5.74) is 5.72. The van der Waals surface area contributed by atoms with E-state index in [0.29, 0.717) is 19.6 Å². The largest absolute Gasteiger partial charge is 0.399 e. The quantitative estimate of drug-likeness (QED) is 0.810. The lowest BCUT2D eigenvalue weighted by Gasteiger charge is -2.23. The SMILES string of the molecule is Nc1cc(Br)c(F)c(S(=O)(=O)NC2CCCOC2)c1. The van der Waals surface area contributed by atoms with Crippen molar-refractivity contribution in [2.24, 2.45) is 0 Å². The predicted molar refractivity (Wildman–Crippen MR) is 72.7 cm³/mol. The topological polar surface area (TPSA) is 81.4 Å². The molecule has 106 valence electrons. The summed E-state index contributed by atoms with van der Waals surface area (Å²) in [6, 6.07) is 2.09. The predicted octanol–water partition coefficient (Wildman–Crippen LogP) is 1.63. The van der Waals surface area contributed by atoms with Crippen molar-refractivity contribution < 1.29 is 17.5 Å². The number of nitrogen functional groups attached to an aromatic ring is 1. The van der Waals surface area contributed by atoms with Crippen LogP contribution in [0.5, 0.6) is 0 Å². The Morgan fingerprint density at radius 3 is 2.84 bits per heavy atom. The summed E-state index contributed by atoms with van der Waals surface area (Å²) in [5, 5.41) is 0. The van der Waals surface area contributed by atoms with Gasteiger partial charge < -0.3 is 10.5 Å². The first-order valence-corrected chi connectivity index (χ1v) is 8.02. The number of halogens is 2. The molecule has 0 radical (unpaired) electrons. The van der Waals surface area contributed by atoms with Crippen LogP contribution in [-0.2, 0) is 14.8 Å². The molecular weight excluding hydrogens is 339 g/mol. The fourth-order valence-electron chi connectivity index (χ4n) is 1.90. The Morgan fingerprint density at radius 2 is 2.21 bits per heavy atom. The maximum atomic E-state index is 13.9. The lowest BCUT2D eigenvalue weighted by atomic mass is 10.1. The van der Waals surface area contributed by atoms with Crippen molar-refractivity contribution in [2.45, 2.75) is 23.8 Å². The van der Waals surface area contributed by atoms with Crippen molar-refractivity contribution in [1.29, 1.82) is 0 Å². The van der Waals surface area contributed by atoms with Gasteiger partial charge in [-0.25, -0.2) is 17.5 Å². The molecule has 0 saturated carbocycles. The van der Waals surface area contributed by atoms with E-state index < -0.39 is 20.7 Å². The number of nitrogens with two attached hydrogens (primary N) is 1. The highest BCUT2D eigenvalue weighted by molar-refractivity contribution is 9.10. The molecule has 1 saturated heterocycles. The number of anilines is 1. The zero-order chi connectivity index (χ0) is 14.0. The van der Waals surface area contributed by atoms with Gasteiger partial charge in [0, 0.05) is 18.3 Å². The van der Waals surface area contributed by atoms with Gasteiger partial charge in [0.1, 0.15) is 4.90 Å². The first-order chi connectivity index (χ1) is 8.90. The average Bonchev–Trinajstić information content (AvgIpc) is 2.34. The molecule has 1 aromatic carbocycles. The van der Waals surface area contributed by atoms with E-state index in [1.54, 1.807) is 0 Å². The van der Waals surface area contributed by atoms with Crippen LogP contribution in [0.2, 0.25) is 0 Å². The molecular formula is C11H14BrFN2O3S. The molecule has 0 spiro atoms. The van der Waals surface area contributed by atoms with Gasteiger partial charge >= 0.3 is 0 Å². The number of nitrogens with one attached hydrogen (secondary N) is 1. The molecule has 5 nitrogen and oxygen atoms in total. The minimum atomic E-state index is -3.95. The molecule has 1 unspecified atom stereocenters. The van der Waals surface area contributed by atoms with Gasteiger partial charge in [0.25, 0.3) is 0 Å². The van der Waals surface area contributed by atoms with Crippen LogP contribution in [0.15, 0.2) is 21.5 Å². The number of rotatable bonds is 3. The van der Waals surface area contributed by atoms with Crippen molar-refractivity contribution in [1.82, 2.24) is 4.72 Å². The molecule has 2 rings (SSSR count). The van der Waals surface area contributed by atoms with E-state index in [2.05, 4.69) is 20.7 Å². The monoisotopic (exact) mass is 352 g/mol. The second-order valence-electron chi connectivity index (χ2n) is 4.35. The molecule has 1 aliphatic rings. The van der Waals surface area contributed by atoms with Crippen LogP contribution in [0.4, 0.5) is 10.1 Å². The number of hydrogen-bond acceptors (Lipinski definition) is 4.